The third-order valence-electron chi connectivity index (χ3n) is 3.47. The minimum atomic E-state index is -4.81. The maximum absolute atomic E-state index is 12.3. The number of hydrogen-bond donors (Lipinski definition) is 3. The monoisotopic (exact) mass is 433 g/mol. The van der Waals surface area contributed by atoms with Crippen LogP contribution in [0.1, 0.15) is 6.92 Å². The molecule has 3 amide bonds. The van der Waals surface area contributed by atoms with Gasteiger partial charge >= 0.3 is 6.36 Å². The number of rotatable bonds is 7. The van der Waals surface area contributed by atoms with E-state index in [1.54, 1.807) is 0 Å². The van der Waals surface area contributed by atoms with Gasteiger partial charge < -0.3 is 26.0 Å². The molecule has 29 heavy (non-hydrogen) atoms. The first kappa shape index (κ1) is 22.4. The second-order valence-corrected chi connectivity index (χ2v) is 7.03. The maximum atomic E-state index is 12.3. The lowest BCUT2D eigenvalue weighted by atomic mass is 10.3. The number of carbonyl (C=O) groups is 3. The normalized spacial score (nSPS) is 12.3. The summed E-state index contributed by atoms with van der Waals surface area (Å²) in [6, 6.07) is 2.84. The number of thiazole rings is 1. The van der Waals surface area contributed by atoms with E-state index in [9.17, 15) is 27.6 Å². The van der Waals surface area contributed by atoms with Gasteiger partial charge in [-0.15, -0.1) is 13.2 Å². The van der Waals surface area contributed by atoms with Gasteiger partial charge in [-0.25, -0.2) is 4.98 Å². The van der Waals surface area contributed by atoms with Crippen LogP contribution in [0.25, 0.3) is 10.2 Å². The summed E-state index contributed by atoms with van der Waals surface area (Å²) in [5, 5.41) is 4.96. The molecule has 9 nitrogen and oxygen atoms in total. The number of aromatic nitrogens is 1. The van der Waals surface area contributed by atoms with Crippen LogP contribution in [0.15, 0.2) is 18.2 Å². The highest BCUT2D eigenvalue weighted by atomic mass is 32.1. The molecule has 158 valence electrons. The average Bonchev–Trinajstić information content (AvgIpc) is 2.98. The Morgan fingerprint density at radius 1 is 1.34 bits per heavy atom. The molecular weight excluding hydrogens is 415 g/mol. The van der Waals surface area contributed by atoms with E-state index in [1.165, 1.54) is 20.0 Å². The van der Waals surface area contributed by atoms with Crippen LogP contribution >= 0.6 is 11.3 Å². The van der Waals surface area contributed by atoms with E-state index in [2.05, 4.69) is 20.4 Å². The summed E-state index contributed by atoms with van der Waals surface area (Å²) < 4.78 is 41.1. The highest BCUT2D eigenvalue weighted by Crippen LogP contribution is 2.31. The fourth-order valence-electron chi connectivity index (χ4n) is 2.08. The summed E-state index contributed by atoms with van der Waals surface area (Å²) in [5.41, 5.74) is 5.74. The number of nitrogens with two attached hydrogens (primary N) is 1. The summed E-state index contributed by atoms with van der Waals surface area (Å²) in [4.78, 5) is 40.6. The molecule has 2 rings (SSSR count). The number of nitrogens with zero attached hydrogens (tertiary/aromatic N) is 2. The van der Waals surface area contributed by atoms with Crippen LogP contribution in [-0.4, -0.2) is 60.1 Å². The van der Waals surface area contributed by atoms with Crippen molar-refractivity contribution >= 4 is 44.4 Å². The quantitative estimate of drug-likeness (QED) is 0.599. The molecule has 1 heterocycles. The lowest BCUT2D eigenvalue weighted by molar-refractivity contribution is -0.274. The minimum absolute atomic E-state index is 0.153. The van der Waals surface area contributed by atoms with Crippen LogP contribution < -0.4 is 21.1 Å². The molecule has 0 saturated heterocycles. The fraction of sp³-hybridized carbons (Fsp3) is 0.375. The van der Waals surface area contributed by atoms with E-state index in [-0.39, 0.29) is 18.2 Å². The van der Waals surface area contributed by atoms with Crippen LogP contribution in [0.5, 0.6) is 5.75 Å². The molecular formula is C16H18F3N5O4S. The molecule has 0 radical (unpaired) electrons. The van der Waals surface area contributed by atoms with Crippen LogP contribution in [0.2, 0.25) is 0 Å². The zero-order chi connectivity index (χ0) is 21.8. The van der Waals surface area contributed by atoms with Gasteiger partial charge in [0.25, 0.3) is 0 Å². The Labute approximate surface area is 167 Å². The predicted octanol–water partition coefficient (Wildman–Crippen LogP) is 1.06. The van der Waals surface area contributed by atoms with Gasteiger partial charge in [0.15, 0.2) is 5.13 Å². The number of likely N-dealkylation sites (N-methyl/N-ethyl adjacent to an activating group) is 1. The highest BCUT2D eigenvalue weighted by Gasteiger charge is 2.31. The van der Waals surface area contributed by atoms with E-state index in [1.807, 2.05) is 0 Å². The minimum Gasteiger partial charge on any atom is -0.406 e. The predicted molar refractivity (Wildman–Crippen MR) is 99.2 cm³/mol. The number of hydrogen-bond acceptors (Lipinski definition) is 7. The molecule has 0 saturated carbocycles. The largest absolute Gasteiger partial charge is 0.573 e. The topological polar surface area (TPSA) is 127 Å². The third kappa shape index (κ3) is 6.87. The van der Waals surface area contributed by atoms with Crippen LogP contribution in [0.4, 0.5) is 18.3 Å². The molecule has 4 N–H and O–H groups in total. The first-order chi connectivity index (χ1) is 13.4. The van der Waals surface area contributed by atoms with Crippen molar-refractivity contribution < 1.29 is 32.3 Å². The standard InChI is InChI=1S/C16H18F3N5O4S/c1-8(20)14(27)21-6-13(26)24(2)7-12(25)23-15-22-10-4-3-9(5-11(10)29-15)28-16(17,18)19/h3-5,8H,6-7,20H2,1-2H3,(H,21,27)(H,22,23,25)/t8-/m0/s1. The molecule has 1 aromatic carbocycles. The molecule has 0 aliphatic carbocycles. The van der Waals surface area contributed by atoms with Crippen molar-refractivity contribution in [1.29, 1.82) is 0 Å². The van der Waals surface area contributed by atoms with Crippen LogP contribution in [0, 0.1) is 0 Å². The van der Waals surface area contributed by atoms with Gasteiger partial charge in [-0.05, 0) is 19.1 Å². The number of alkyl halides is 3. The van der Waals surface area contributed by atoms with E-state index in [4.69, 9.17) is 5.73 Å². The molecule has 0 aliphatic rings. The Balaban J connectivity index is 1.93. The van der Waals surface area contributed by atoms with Gasteiger partial charge in [0.05, 0.1) is 29.3 Å². The molecule has 0 spiro atoms. The molecule has 13 heteroatoms. The molecule has 1 aromatic heterocycles. The number of ether oxygens (including phenoxy) is 1. The van der Waals surface area contributed by atoms with Crippen molar-refractivity contribution in [2.24, 2.45) is 5.73 Å². The number of carbonyl (C=O) groups excluding carboxylic acids is 3. The van der Waals surface area contributed by atoms with Crippen molar-refractivity contribution in [2.75, 3.05) is 25.5 Å². The van der Waals surface area contributed by atoms with Crippen LogP contribution in [0.3, 0.4) is 0 Å². The maximum Gasteiger partial charge on any atom is 0.573 e. The van der Waals surface area contributed by atoms with E-state index < -0.39 is 35.9 Å². The Morgan fingerprint density at radius 3 is 2.66 bits per heavy atom. The molecule has 0 fully saturated rings. The summed E-state index contributed by atoms with van der Waals surface area (Å²) >= 11 is 0.954. The third-order valence-corrected chi connectivity index (χ3v) is 4.41. The zero-order valence-electron chi connectivity index (χ0n) is 15.4. The van der Waals surface area contributed by atoms with E-state index in [0.29, 0.717) is 10.2 Å². The number of benzene rings is 1. The second-order valence-electron chi connectivity index (χ2n) is 6.00. The van der Waals surface area contributed by atoms with Gasteiger partial charge in [-0.1, -0.05) is 11.3 Å². The number of halogens is 3. The van der Waals surface area contributed by atoms with Gasteiger partial charge in [-0.3, -0.25) is 14.4 Å². The molecule has 0 bridgehead atoms. The van der Waals surface area contributed by atoms with Crippen molar-refractivity contribution in [2.45, 2.75) is 19.3 Å². The second kappa shape index (κ2) is 9.05. The van der Waals surface area contributed by atoms with Crippen molar-refractivity contribution in [3.05, 3.63) is 18.2 Å². The van der Waals surface area contributed by atoms with Gasteiger partial charge in [0.1, 0.15) is 5.75 Å². The van der Waals surface area contributed by atoms with Gasteiger partial charge in [0, 0.05) is 13.1 Å². The molecule has 2 aromatic rings. The summed E-state index contributed by atoms with van der Waals surface area (Å²) in [6.45, 7) is 0.839. The van der Waals surface area contributed by atoms with Crippen molar-refractivity contribution in [3.63, 3.8) is 0 Å². The molecule has 1 atom stereocenters. The fourth-order valence-corrected chi connectivity index (χ4v) is 2.99. The Kier molecular flexibility index (Phi) is 6.97. The Morgan fingerprint density at radius 2 is 2.03 bits per heavy atom. The Bertz CT molecular complexity index is 916. The lowest BCUT2D eigenvalue weighted by Gasteiger charge is -2.17. The number of nitrogens with one attached hydrogen (secondary N) is 2. The summed E-state index contributed by atoms with van der Waals surface area (Å²) in [7, 11) is 1.37. The Hall–Kier alpha value is -2.93. The SMILES string of the molecule is C[C@H](N)C(=O)NCC(=O)N(C)CC(=O)Nc1nc2ccc(OC(F)(F)F)cc2s1. The highest BCUT2D eigenvalue weighted by molar-refractivity contribution is 7.22. The number of anilines is 1. The first-order valence-corrected chi connectivity index (χ1v) is 8.99. The van der Waals surface area contributed by atoms with Crippen LogP contribution in [-0.2, 0) is 14.4 Å². The number of fused-ring (bicyclic) bond motifs is 1. The first-order valence-electron chi connectivity index (χ1n) is 8.18. The zero-order valence-corrected chi connectivity index (χ0v) is 16.2. The summed E-state index contributed by atoms with van der Waals surface area (Å²) in [6.07, 6.45) is -4.81. The average molecular weight is 433 g/mol. The summed E-state index contributed by atoms with van der Waals surface area (Å²) in [5.74, 6) is -1.97. The smallest absolute Gasteiger partial charge is 0.406 e. The molecule has 0 unspecified atom stereocenters. The van der Waals surface area contributed by atoms with E-state index in [0.717, 1.165) is 28.4 Å². The van der Waals surface area contributed by atoms with Crippen molar-refractivity contribution in [3.8, 4) is 5.75 Å². The molecule has 0 aliphatic heterocycles. The van der Waals surface area contributed by atoms with E-state index >= 15 is 0 Å². The lowest BCUT2D eigenvalue weighted by Crippen LogP contribution is -2.45. The number of amides is 3. The van der Waals surface area contributed by atoms with Crippen molar-refractivity contribution in [1.82, 2.24) is 15.2 Å². The van der Waals surface area contributed by atoms with Gasteiger partial charge in [0.2, 0.25) is 17.7 Å². The van der Waals surface area contributed by atoms with Gasteiger partial charge in [-0.2, -0.15) is 0 Å².